The summed E-state index contributed by atoms with van der Waals surface area (Å²) in [7, 11) is 0. The summed E-state index contributed by atoms with van der Waals surface area (Å²) in [6.07, 6.45) is 1.44. The Hall–Kier alpha value is -2.29. The van der Waals surface area contributed by atoms with E-state index < -0.39 is 6.04 Å². The lowest BCUT2D eigenvalue weighted by molar-refractivity contribution is -0.118. The van der Waals surface area contributed by atoms with Gasteiger partial charge >= 0.3 is 0 Å². The van der Waals surface area contributed by atoms with E-state index in [4.69, 9.17) is 0 Å². The minimum atomic E-state index is -0.708. The van der Waals surface area contributed by atoms with Crippen LogP contribution in [0.1, 0.15) is 13.0 Å². The first-order valence-corrected chi connectivity index (χ1v) is 11.2. The van der Waals surface area contributed by atoms with Gasteiger partial charge < -0.3 is 5.32 Å². The van der Waals surface area contributed by atoms with Gasteiger partial charge in [-0.05, 0) is 48.9 Å². The number of rotatable bonds is 4. The van der Waals surface area contributed by atoms with Crippen molar-refractivity contribution in [1.82, 2.24) is 9.55 Å². The normalized spacial score (nSPS) is 12.1. The number of halogens is 2. The second-order valence-corrected chi connectivity index (χ2v) is 9.15. The molecule has 4 aromatic rings. The molecule has 8 heteroatoms. The summed E-state index contributed by atoms with van der Waals surface area (Å²) in [5.74, 6) is -0.281. The van der Waals surface area contributed by atoms with Gasteiger partial charge in [-0.2, -0.15) is 0 Å². The van der Waals surface area contributed by atoms with Gasteiger partial charge in [-0.25, -0.2) is 4.98 Å². The van der Waals surface area contributed by atoms with Gasteiger partial charge in [0.25, 0.3) is 5.56 Å². The van der Waals surface area contributed by atoms with Gasteiger partial charge in [0.1, 0.15) is 10.9 Å². The topological polar surface area (TPSA) is 64.0 Å². The third-order valence-corrected chi connectivity index (χ3v) is 6.53. The predicted molar refractivity (Wildman–Crippen MR) is 124 cm³/mol. The lowest BCUT2D eigenvalue weighted by Gasteiger charge is -2.15. The van der Waals surface area contributed by atoms with E-state index in [9.17, 15) is 9.59 Å². The quantitative estimate of drug-likeness (QED) is 0.358. The molecule has 0 aliphatic heterocycles. The Morgan fingerprint density at radius 2 is 1.69 bits per heavy atom. The molecule has 0 aliphatic carbocycles. The minimum absolute atomic E-state index is 0.229. The van der Waals surface area contributed by atoms with E-state index in [0.29, 0.717) is 15.9 Å². The molecule has 1 atom stereocenters. The first-order valence-electron chi connectivity index (χ1n) is 8.75. The maximum absolute atomic E-state index is 13.2. The molecular weight excluding hydrogens is 518 g/mol. The summed E-state index contributed by atoms with van der Waals surface area (Å²) in [6.45, 7) is 1.69. The van der Waals surface area contributed by atoms with Crippen LogP contribution < -0.4 is 10.9 Å². The Labute approximate surface area is 187 Å². The molecule has 146 valence electrons. The van der Waals surface area contributed by atoms with Crippen molar-refractivity contribution in [3.05, 3.63) is 79.5 Å². The molecule has 4 rings (SSSR count). The van der Waals surface area contributed by atoms with E-state index in [2.05, 4.69) is 42.2 Å². The van der Waals surface area contributed by atoms with Crippen LogP contribution in [0.3, 0.4) is 0 Å². The van der Waals surface area contributed by atoms with Gasteiger partial charge in [0.15, 0.2) is 0 Å². The minimum Gasteiger partial charge on any atom is -0.324 e. The molecule has 0 radical (unpaired) electrons. The van der Waals surface area contributed by atoms with Gasteiger partial charge in [0, 0.05) is 25.6 Å². The number of hydrogen-bond donors (Lipinski definition) is 1. The Balaban J connectivity index is 1.70. The van der Waals surface area contributed by atoms with E-state index in [1.54, 1.807) is 19.1 Å². The zero-order valence-corrected chi connectivity index (χ0v) is 19.2. The number of anilines is 1. The number of fused-ring (bicyclic) bond motifs is 1. The molecule has 0 bridgehead atoms. The van der Waals surface area contributed by atoms with E-state index in [-0.39, 0.29) is 11.5 Å². The highest BCUT2D eigenvalue weighted by atomic mass is 79.9. The molecule has 0 saturated carbocycles. The van der Waals surface area contributed by atoms with Crippen LogP contribution in [0, 0.1) is 0 Å². The highest BCUT2D eigenvalue weighted by molar-refractivity contribution is 9.10. The molecule has 0 spiro atoms. The first kappa shape index (κ1) is 20.0. The Kier molecular flexibility index (Phi) is 5.67. The van der Waals surface area contributed by atoms with E-state index >= 15 is 0 Å². The number of hydrogen-bond acceptors (Lipinski definition) is 4. The number of nitrogens with one attached hydrogen (secondary N) is 1. The Bertz CT molecular complexity index is 1250. The van der Waals surface area contributed by atoms with Crippen LogP contribution in [0.4, 0.5) is 5.69 Å². The summed E-state index contributed by atoms with van der Waals surface area (Å²) in [4.78, 5) is 31.0. The molecule has 2 aromatic heterocycles. The SMILES string of the molecule is CC(C(=O)Nc1ccc(Br)cc1)n1cnc2scc(-c3ccc(Br)cc3)c2c1=O. The average Bonchev–Trinajstić information content (AvgIpc) is 3.15. The highest BCUT2D eigenvalue weighted by Crippen LogP contribution is 2.31. The second kappa shape index (κ2) is 8.22. The molecule has 0 aliphatic rings. The summed E-state index contributed by atoms with van der Waals surface area (Å²) in [5.41, 5.74) is 2.19. The molecule has 29 heavy (non-hydrogen) atoms. The lowest BCUT2D eigenvalue weighted by atomic mass is 10.1. The maximum Gasteiger partial charge on any atom is 0.263 e. The number of nitrogens with zero attached hydrogens (tertiary/aromatic N) is 2. The van der Waals surface area contributed by atoms with Crippen LogP contribution in [0.15, 0.2) is 74.0 Å². The van der Waals surface area contributed by atoms with Crippen LogP contribution in [-0.4, -0.2) is 15.5 Å². The summed E-state index contributed by atoms with van der Waals surface area (Å²) < 4.78 is 3.27. The average molecular weight is 533 g/mol. The standard InChI is InChI=1S/C21H15Br2N3O2S/c1-12(19(27)25-16-8-6-15(23)7-9-16)26-11-24-20-18(21(26)28)17(10-29-20)13-2-4-14(22)5-3-13/h2-12H,1H3,(H,25,27). The van der Waals surface area contributed by atoms with Crippen LogP contribution in [0.2, 0.25) is 0 Å². The first-order chi connectivity index (χ1) is 13.9. The number of aromatic nitrogens is 2. The smallest absolute Gasteiger partial charge is 0.263 e. The van der Waals surface area contributed by atoms with E-state index in [0.717, 1.165) is 20.1 Å². The Morgan fingerprint density at radius 1 is 1.07 bits per heavy atom. The van der Waals surface area contributed by atoms with Crippen molar-refractivity contribution in [2.24, 2.45) is 0 Å². The third-order valence-electron chi connectivity index (χ3n) is 4.58. The predicted octanol–water partition coefficient (Wildman–Crippen LogP) is 5.85. The van der Waals surface area contributed by atoms with Gasteiger partial charge in [0.2, 0.25) is 5.91 Å². The molecule has 1 N–H and O–H groups in total. The number of thiophene rings is 1. The lowest BCUT2D eigenvalue weighted by Crippen LogP contribution is -2.31. The summed E-state index contributed by atoms with van der Waals surface area (Å²) in [6, 6.07) is 14.3. The van der Waals surface area contributed by atoms with E-state index in [1.807, 2.05) is 41.8 Å². The number of benzene rings is 2. The Morgan fingerprint density at radius 3 is 2.34 bits per heavy atom. The monoisotopic (exact) mass is 531 g/mol. The number of carbonyl (C=O) groups is 1. The zero-order chi connectivity index (χ0) is 20.5. The number of amides is 1. The van der Waals surface area contributed by atoms with Crippen LogP contribution in [0.25, 0.3) is 21.3 Å². The fraction of sp³-hybridized carbons (Fsp3) is 0.0952. The summed E-state index contributed by atoms with van der Waals surface area (Å²) in [5, 5.41) is 5.30. The molecule has 2 heterocycles. The van der Waals surface area contributed by atoms with Crippen LogP contribution >= 0.6 is 43.2 Å². The fourth-order valence-corrected chi connectivity index (χ4v) is 4.40. The zero-order valence-electron chi connectivity index (χ0n) is 15.2. The number of carbonyl (C=O) groups excluding carboxylic acids is 1. The molecule has 1 amide bonds. The molecule has 0 fully saturated rings. The van der Waals surface area contributed by atoms with Gasteiger partial charge in [-0.15, -0.1) is 11.3 Å². The van der Waals surface area contributed by atoms with E-state index in [1.165, 1.54) is 22.2 Å². The summed E-state index contributed by atoms with van der Waals surface area (Å²) >= 11 is 8.21. The van der Waals surface area contributed by atoms with Gasteiger partial charge in [-0.3, -0.25) is 14.2 Å². The van der Waals surface area contributed by atoms with Crippen molar-refractivity contribution in [1.29, 1.82) is 0 Å². The van der Waals surface area contributed by atoms with Crippen molar-refractivity contribution in [3.8, 4) is 11.1 Å². The maximum atomic E-state index is 13.2. The molecule has 5 nitrogen and oxygen atoms in total. The fourth-order valence-electron chi connectivity index (χ4n) is 2.97. The molecule has 1 unspecified atom stereocenters. The second-order valence-electron chi connectivity index (χ2n) is 6.47. The van der Waals surface area contributed by atoms with Crippen molar-refractivity contribution in [2.45, 2.75) is 13.0 Å². The third kappa shape index (κ3) is 4.05. The highest BCUT2D eigenvalue weighted by Gasteiger charge is 2.20. The van der Waals surface area contributed by atoms with Gasteiger partial charge in [0.05, 0.1) is 11.7 Å². The van der Waals surface area contributed by atoms with Crippen molar-refractivity contribution in [3.63, 3.8) is 0 Å². The van der Waals surface area contributed by atoms with Crippen molar-refractivity contribution < 1.29 is 4.79 Å². The van der Waals surface area contributed by atoms with Crippen LogP contribution in [-0.2, 0) is 4.79 Å². The molecule has 0 saturated heterocycles. The molecular formula is C21H15Br2N3O2S. The molecule has 2 aromatic carbocycles. The van der Waals surface area contributed by atoms with Gasteiger partial charge in [-0.1, -0.05) is 44.0 Å². The van der Waals surface area contributed by atoms with Crippen molar-refractivity contribution in [2.75, 3.05) is 5.32 Å². The largest absolute Gasteiger partial charge is 0.324 e. The van der Waals surface area contributed by atoms with Crippen molar-refractivity contribution >= 4 is 65.0 Å². The van der Waals surface area contributed by atoms with Crippen LogP contribution in [0.5, 0.6) is 0 Å².